The van der Waals surface area contributed by atoms with Crippen molar-refractivity contribution in [2.45, 2.75) is 13.0 Å². The SMILES string of the molecule is CC(NC(=O)c1ccoc1)c1nc(-c2ccco2)no1. The van der Waals surface area contributed by atoms with Gasteiger partial charge in [0.25, 0.3) is 5.91 Å². The van der Waals surface area contributed by atoms with E-state index in [1.807, 2.05) is 0 Å². The van der Waals surface area contributed by atoms with E-state index in [1.54, 1.807) is 25.1 Å². The quantitative estimate of drug-likeness (QED) is 0.784. The Morgan fingerprint density at radius 3 is 2.95 bits per heavy atom. The zero-order chi connectivity index (χ0) is 13.9. The molecule has 7 nitrogen and oxygen atoms in total. The van der Waals surface area contributed by atoms with Crippen molar-refractivity contribution in [3.8, 4) is 11.6 Å². The van der Waals surface area contributed by atoms with Gasteiger partial charge < -0.3 is 18.7 Å². The second kappa shape index (κ2) is 5.04. The minimum absolute atomic E-state index is 0.274. The first kappa shape index (κ1) is 12.2. The van der Waals surface area contributed by atoms with E-state index in [-0.39, 0.29) is 5.91 Å². The highest BCUT2D eigenvalue weighted by atomic mass is 16.5. The van der Waals surface area contributed by atoms with Gasteiger partial charge in [-0.1, -0.05) is 5.16 Å². The van der Waals surface area contributed by atoms with E-state index in [9.17, 15) is 4.79 Å². The van der Waals surface area contributed by atoms with Gasteiger partial charge in [-0.25, -0.2) is 0 Å². The third kappa shape index (κ3) is 2.33. The van der Waals surface area contributed by atoms with Crippen molar-refractivity contribution in [2.24, 2.45) is 0 Å². The van der Waals surface area contributed by atoms with Crippen LogP contribution in [0.1, 0.15) is 29.2 Å². The maximum atomic E-state index is 11.8. The van der Waals surface area contributed by atoms with E-state index in [0.29, 0.717) is 23.0 Å². The maximum Gasteiger partial charge on any atom is 0.255 e. The minimum Gasteiger partial charge on any atom is -0.472 e. The lowest BCUT2D eigenvalue weighted by atomic mass is 10.2. The van der Waals surface area contributed by atoms with Crippen molar-refractivity contribution >= 4 is 5.91 Å². The highest BCUT2D eigenvalue weighted by molar-refractivity contribution is 5.93. The van der Waals surface area contributed by atoms with E-state index in [4.69, 9.17) is 13.4 Å². The van der Waals surface area contributed by atoms with Crippen LogP contribution in [0.2, 0.25) is 0 Å². The predicted molar refractivity (Wildman–Crippen MR) is 66.6 cm³/mol. The minimum atomic E-state index is -0.423. The van der Waals surface area contributed by atoms with E-state index in [2.05, 4.69) is 15.5 Å². The van der Waals surface area contributed by atoms with Crippen LogP contribution in [-0.2, 0) is 0 Å². The summed E-state index contributed by atoms with van der Waals surface area (Å²) in [6.45, 7) is 1.75. The van der Waals surface area contributed by atoms with Gasteiger partial charge in [-0.05, 0) is 25.1 Å². The van der Waals surface area contributed by atoms with Crippen molar-refractivity contribution in [3.05, 3.63) is 48.4 Å². The third-order valence-electron chi connectivity index (χ3n) is 2.68. The van der Waals surface area contributed by atoms with Gasteiger partial charge >= 0.3 is 0 Å². The average Bonchev–Trinajstić information content (AvgIpc) is 3.19. The highest BCUT2D eigenvalue weighted by Gasteiger charge is 2.19. The lowest BCUT2D eigenvalue weighted by molar-refractivity contribution is 0.0932. The first-order valence-electron chi connectivity index (χ1n) is 5.94. The van der Waals surface area contributed by atoms with Crippen LogP contribution in [0.25, 0.3) is 11.6 Å². The molecule has 0 spiro atoms. The molecule has 20 heavy (non-hydrogen) atoms. The van der Waals surface area contributed by atoms with Gasteiger partial charge in [-0.3, -0.25) is 4.79 Å². The lowest BCUT2D eigenvalue weighted by Crippen LogP contribution is -2.26. The van der Waals surface area contributed by atoms with Crippen molar-refractivity contribution in [3.63, 3.8) is 0 Å². The number of furan rings is 2. The molecular formula is C13H11N3O4. The average molecular weight is 273 g/mol. The number of hydrogen-bond donors (Lipinski definition) is 1. The summed E-state index contributed by atoms with van der Waals surface area (Å²) in [5.41, 5.74) is 0.433. The van der Waals surface area contributed by atoms with E-state index in [0.717, 1.165) is 0 Å². The summed E-state index contributed by atoms with van der Waals surface area (Å²) in [7, 11) is 0. The number of amides is 1. The van der Waals surface area contributed by atoms with E-state index in [1.165, 1.54) is 18.8 Å². The van der Waals surface area contributed by atoms with E-state index >= 15 is 0 Å². The molecule has 1 amide bonds. The molecule has 0 fully saturated rings. The number of aromatic nitrogens is 2. The molecule has 0 bridgehead atoms. The summed E-state index contributed by atoms with van der Waals surface area (Å²) in [6.07, 6.45) is 4.32. The number of carbonyl (C=O) groups is 1. The van der Waals surface area contributed by atoms with Crippen LogP contribution in [0, 0.1) is 0 Å². The van der Waals surface area contributed by atoms with Crippen LogP contribution in [0.4, 0.5) is 0 Å². The zero-order valence-corrected chi connectivity index (χ0v) is 10.6. The molecule has 0 aliphatic heterocycles. The fraction of sp³-hybridized carbons (Fsp3) is 0.154. The molecule has 0 aromatic carbocycles. The number of nitrogens with zero attached hydrogens (tertiary/aromatic N) is 2. The molecule has 1 N–H and O–H groups in total. The maximum absolute atomic E-state index is 11.8. The van der Waals surface area contributed by atoms with E-state index < -0.39 is 6.04 Å². The van der Waals surface area contributed by atoms with Crippen molar-refractivity contribution in [1.82, 2.24) is 15.5 Å². The van der Waals surface area contributed by atoms with Gasteiger partial charge in [0.1, 0.15) is 12.3 Å². The summed E-state index contributed by atoms with van der Waals surface area (Å²) < 4.78 is 15.1. The second-order valence-electron chi connectivity index (χ2n) is 4.14. The Hall–Kier alpha value is -2.83. The van der Waals surface area contributed by atoms with Crippen molar-refractivity contribution in [1.29, 1.82) is 0 Å². The first-order chi connectivity index (χ1) is 9.74. The molecule has 102 valence electrons. The molecular weight excluding hydrogens is 262 g/mol. The van der Waals surface area contributed by atoms with Crippen LogP contribution in [0.15, 0.2) is 50.3 Å². The smallest absolute Gasteiger partial charge is 0.255 e. The van der Waals surface area contributed by atoms with Gasteiger partial charge in [0.15, 0.2) is 5.76 Å². The Morgan fingerprint density at radius 2 is 2.25 bits per heavy atom. The Kier molecular flexibility index (Phi) is 3.08. The molecule has 1 unspecified atom stereocenters. The molecule has 7 heteroatoms. The van der Waals surface area contributed by atoms with Crippen LogP contribution < -0.4 is 5.32 Å². The molecule has 1 atom stereocenters. The molecule has 3 aromatic heterocycles. The summed E-state index contributed by atoms with van der Waals surface area (Å²) in [5.74, 6) is 0.875. The van der Waals surface area contributed by atoms with Crippen LogP contribution in [0.5, 0.6) is 0 Å². The fourth-order valence-electron chi connectivity index (χ4n) is 1.65. The molecule has 0 aliphatic rings. The Balaban J connectivity index is 1.71. The van der Waals surface area contributed by atoms with Crippen LogP contribution in [-0.4, -0.2) is 16.0 Å². The summed E-state index contributed by atoms with van der Waals surface area (Å²) in [5, 5.41) is 6.53. The third-order valence-corrected chi connectivity index (χ3v) is 2.68. The molecule has 0 aliphatic carbocycles. The van der Waals surface area contributed by atoms with Crippen molar-refractivity contribution < 1.29 is 18.2 Å². The number of hydrogen-bond acceptors (Lipinski definition) is 6. The van der Waals surface area contributed by atoms with Gasteiger partial charge in [-0.15, -0.1) is 0 Å². The fourth-order valence-corrected chi connectivity index (χ4v) is 1.65. The molecule has 3 rings (SSSR count). The molecule has 3 heterocycles. The van der Waals surface area contributed by atoms with Gasteiger partial charge in [0, 0.05) is 0 Å². The highest BCUT2D eigenvalue weighted by Crippen LogP contribution is 2.19. The van der Waals surface area contributed by atoms with Crippen molar-refractivity contribution in [2.75, 3.05) is 0 Å². The Morgan fingerprint density at radius 1 is 1.35 bits per heavy atom. The molecule has 0 saturated heterocycles. The van der Waals surface area contributed by atoms with Gasteiger partial charge in [0.2, 0.25) is 11.7 Å². The van der Waals surface area contributed by atoms with Crippen LogP contribution in [0.3, 0.4) is 0 Å². The number of nitrogens with one attached hydrogen (secondary N) is 1. The zero-order valence-electron chi connectivity index (χ0n) is 10.6. The summed E-state index contributed by atoms with van der Waals surface area (Å²) in [4.78, 5) is 16.0. The summed E-state index contributed by atoms with van der Waals surface area (Å²) in [6, 6.07) is 4.61. The topological polar surface area (TPSA) is 94.3 Å². The standard InChI is InChI=1S/C13H11N3O4/c1-8(14-12(17)9-4-6-18-7-9)13-15-11(16-20-13)10-3-2-5-19-10/h2-8H,1H3,(H,14,17). The molecule has 0 saturated carbocycles. The van der Waals surface area contributed by atoms with Crippen LogP contribution >= 0.6 is 0 Å². The summed E-state index contributed by atoms with van der Waals surface area (Å²) >= 11 is 0. The Bertz CT molecular complexity index is 685. The monoisotopic (exact) mass is 273 g/mol. The number of rotatable bonds is 4. The molecule has 0 radical (unpaired) electrons. The van der Waals surface area contributed by atoms with Gasteiger partial charge in [-0.2, -0.15) is 4.98 Å². The largest absolute Gasteiger partial charge is 0.472 e. The second-order valence-corrected chi connectivity index (χ2v) is 4.14. The first-order valence-corrected chi connectivity index (χ1v) is 5.94. The normalized spacial score (nSPS) is 12.2. The Labute approximate surface area is 113 Å². The predicted octanol–water partition coefficient (Wildman–Crippen LogP) is 2.41. The molecule has 3 aromatic rings. The van der Waals surface area contributed by atoms with Gasteiger partial charge in [0.05, 0.1) is 18.1 Å². The lowest BCUT2D eigenvalue weighted by Gasteiger charge is -2.07. The number of carbonyl (C=O) groups excluding carboxylic acids is 1.